The van der Waals surface area contributed by atoms with Gasteiger partial charge in [-0.3, -0.25) is 4.79 Å². The summed E-state index contributed by atoms with van der Waals surface area (Å²) in [6, 6.07) is 6.30. The molecule has 22 heavy (non-hydrogen) atoms. The quantitative estimate of drug-likeness (QED) is 0.903. The van der Waals surface area contributed by atoms with Gasteiger partial charge in [-0.05, 0) is 43.4 Å². The number of primary sulfonamides is 1. The van der Waals surface area contributed by atoms with E-state index in [0.29, 0.717) is 12.3 Å². The minimum atomic E-state index is -3.68. The monoisotopic (exact) mass is 324 g/mol. The van der Waals surface area contributed by atoms with Crippen molar-refractivity contribution >= 4 is 15.9 Å². The van der Waals surface area contributed by atoms with E-state index in [-0.39, 0.29) is 16.8 Å². The van der Waals surface area contributed by atoms with Gasteiger partial charge in [-0.2, -0.15) is 0 Å². The van der Waals surface area contributed by atoms with Gasteiger partial charge < -0.3 is 4.90 Å². The van der Waals surface area contributed by atoms with Gasteiger partial charge in [0, 0.05) is 13.5 Å². The fourth-order valence-corrected chi connectivity index (χ4v) is 3.50. The molecular weight excluding hydrogens is 300 g/mol. The maximum Gasteiger partial charge on any atom is 0.238 e. The minimum Gasteiger partial charge on any atom is -0.339 e. The van der Waals surface area contributed by atoms with Crippen LogP contribution in [0.4, 0.5) is 0 Å². The summed E-state index contributed by atoms with van der Waals surface area (Å²) < 4.78 is 22.5. The highest BCUT2D eigenvalue weighted by Crippen LogP contribution is 2.29. The number of sulfonamides is 1. The molecule has 1 aliphatic carbocycles. The Labute approximate surface area is 132 Å². The molecule has 0 saturated heterocycles. The molecule has 6 heteroatoms. The van der Waals surface area contributed by atoms with Crippen molar-refractivity contribution in [1.82, 2.24) is 4.90 Å². The Hall–Kier alpha value is -1.40. The van der Waals surface area contributed by atoms with Crippen molar-refractivity contribution in [2.24, 2.45) is 11.1 Å². The van der Waals surface area contributed by atoms with Crippen LogP contribution >= 0.6 is 0 Å². The lowest BCUT2D eigenvalue weighted by molar-refractivity contribution is -0.132. The number of hydrogen-bond donors (Lipinski definition) is 1. The molecule has 1 amide bonds. The van der Waals surface area contributed by atoms with Gasteiger partial charge in [0.15, 0.2) is 0 Å². The molecule has 1 saturated carbocycles. The average molecular weight is 324 g/mol. The normalized spacial score (nSPS) is 17.4. The number of benzene rings is 1. The zero-order valence-electron chi connectivity index (χ0n) is 13.2. The number of nitrogens with zero attached hydrogens (tertiary/aromatic N) is 1. The van der Waals surface area contributed by atoms with Crippen LogP contribution in [0.1, 0.15) is 50.6 Å². The zero-order valence-corrected chi connectivity index (χ0v) is 14.0. The highest BCUT2D eigenvalue weighted by Gasteiger charge is 2.23. The number of carbonyl (C=O) groups excluding carboxylic acids is 1. The SMILES string of the molecule is CC(c1ccc(S(N)(=O)=O)cc1)N(C)C(=O)CC1CCCC1. The first kappa shape index (κ1) is 17.0. The molecule has 0 heterocycles. The van der Waals surface area contributed by atoms with Gasteiger partial charge in [0.25, 0.3) is 0 Å². The van der Waals surface area contributed by atoms with E-state index in [4.69, 9.17) is 5.14 Å². The van der Waals surface area contributed by atoms with E-state index in [1.807, 2.05) is 6.92 Å². The minimum absolute atomic E-state index is 0.0865. The second-order valence-electron chi connectivity index (χ2n) is 6.15. The fraction of sp³-hybridized carbons (Fsp3) is 0.562. The van der Waals surface area contributed by atoms with Crippen molar-refractivity contribution in [3.05, 3.63) is 29.8 Å². The van der Waals surface area contributed by atoms with Crippen LogP contribution in [0.2, 0.25) is 0 Å². The van der Waals surface area contributed by atoms with Crippen molar-refractivity contribution in [1.29, 1.82) is 0 Å². The largest absolute Gasteiger partial charge is 0.339 e. The van der Waals surface area contributed by atoms with E-state index in [9.17, 15) is 13.2 Å². The van der Waals surface area contributed by atoms with Crippen molar-refractivity contribution in [3.8, 4) is 0 Å². The molecular formula is C16H24N2O3S. The van der Waals surface area contributed by atoms with Gasteiger partial charge in [-0.1, -0.05) is 25.0 Å². The van der Waals surface area contributed by atoms with E-state index in [1.165, 1.54) is 25.0 Å². The summed E-state index contributed by atoms with van der Waals surface area (Å²) in [7, 11) is -1.88. The molecule has 122 valence electrons. The number of rotatable bonds is 5. The van der Waals surface area contributed by atoms with Crippen molar-refractivity contribution in [3.63, 3.8) is 0 Å². The molecule has 2 N–H and O–H groups in total. The second-order valence-corrected chi connectivity index (χ2v) is 7.71. The Morgan fingerprint density at radius 2 is 1.82 bits per heavy atom. The Morgan fingerprint density at radius 3 is 2.32 bits per heavy atom. The van der Waals surface area contributed by atoms with Gasteiger partial charge in [0.1, 0.15) is 0 Å². The summed E-state index contributed by atoms with van der Waals surface area (Å²) in [5.74, 6) is 0.668. The smallest absolute Gasteiger partial charge is 0.238 e. The third-order valence-electron chi connectivity index (χ3n) is 4.60. The summed E-state index contributed by atoms with van der Waals surface area (Å²) in [5.41, 5.74) is 0.898. The Bertz CT molecular complexity index is 619. The first-order valence-corrected chi connectivity index (χ1v) is 9.22. The third kappa shape index (κ3) is 4.08. The highest BCUT2D eigenvalue weighted by molar-refractivity contribution is 7.89. The molecule has 1 fully saturated rings. The van der Waals surface area contributed by atoms with Crippen LogP contribution in [0.5, 0.6) is 0 Å². The predicted octanol–water partition coefficient (Wildman–Crippen LogP) is 2.43. The van der Waals surface area contributed by atoms with Crippen LogP contribution < -0.4 is 5.14 Å². The number of hydrogen-bond acceptors (Lipinski definition) is 3. The van der Waals surface area contributed by atoms with Gasteiger partial charge in [0.2, 0.25) is 15.9 Å². The van der Waals surface area contributed by atoms with E-state index < -0.39 is 10.0 Å². The summed E-state index contributed by atoms with van der Waals surface area (Å²) in [5, 5.41) is 5.09. The predicted molar refractivity (Wildman–Crippen MR) is 85.6 cm³/mol. The topological polar surface area (TPSA) is 80.5 Å². The maximum absolute atomic E-state index is 12.4. The van der Waals surface area contributed by atoms with Crippen LogP contribution in [0.25, 0.3) is 0 Å². The first-order valence-electron chi connectivity index (χ1n) is 7.67. The standard InChI is InChI=1S/C16H24N2O3S/c1-12(14-7-9-15(10-8-14)22(17,20)21)18(2)16(19)11-13-5-3-4-6-13/h7-10,12-13H,3-6,11H2,1-2H3,(H2,17,20,21). The molecule has 0 aromatic heterocycles. The molecule has 0 radical (unpaired) electrons. The van der Waals surface area contributed by atoms with E-state index in [0.717, 1.165) is 18.4 Å². The number of amides is 1. The van der Waals surface area contributed by atoms with Crippen LogP contribution in [0.15, 0.2) is 29.2 Å². The molecule has 1 aromatic rings. The van der Waals surface area contributed by atoms with Crippen LogP contribution in [0, 0.1) is 5.92 Å². The van der Waals surface area contributed by atoms with Gasteiger partial charge in [-0.25, -0.2) is 13.6 Å². The summed E-state index contributed by atoms with van der Waals surface area (Å²) in [6.07, 6.45) is 5.36. The van der Waals surface area contributed by atoms with Gasteiger partial charge in [0.05, 0.1) is 10.9 Å². The molecule has 0 aliphatic heterocycles. The maximum atomic E-state index is 12.4. The first-order chi connectivity index (χ1) is 10.3. The summed E-state index contributed by atoms with van der Waals surface area (Å²) >= 11 is 0. The van der Waals surface area contributed by atoms with Crippen LogP contribution in [0.3, 0.4) is 0 Å². The zero-order chi connectivity index (χ0) is 16.3. The van der Waals surface area contributed by atoms with E-state index in [1.54, 1.807) is 24.1 Å². The highest BCUT2D eigenvalue weighted by atomic mass is 32.2. The second kappa shape index (κ2) is 6.79. The Morgan fingerprint density at radius 1 is 1.27 bits per heavy atom. The molecule has 1 unspecified atom stereocenters. The molecule has 5 nitrogen and oxygen atoms in total. The van der Waals surface area contributed by atoms with Gasteiger partial charge in [-0.15, -0.1) is 0 Å². The molecule has 1 aliphatic rings. The summed E-state index contributed by atoms with van der Waals surface area (Å²) in [6.45, 7) is 1.94. The Kier molecular flexibility index (Phi) is 5.24. The van der Waals surface area contributed by atoms with Crippen LogP contribution in [-0.2, 0) is 14.8 Å². The lowest BCUT2D eigenvalue weighted by atomic mass is 10.0. The van der Waals surface area contributed by atoms with Crippen molar-refractivity contribution < 1.29 is 13.2 Å². The van der Waals surface area contributed by atoms with Crippen molar-refractivity contribution in [2.75, 3.05) is 7.05 Å². The fourth-order valence-electron chi connectivity index (χ4n) is 2.98. The van der Waals surface area contributed by atoms with Crippen LogP contribution in [-0.4, -0.2) is 26.3 Å². The average Bonchev–Trinajstić information content (AvgIpc) is 2.97. The molecule has 1 aromatic carbocycles. The van der Waals surface area contributed by atoms with Gasteiger partial charge >= 0.3 is 0 Å². The summed E-state index contributed by atoms with van der Waals surface area (Å²) in [4.78, 5) is 14.2. The molecule has 1 atom stereocenters. The third-order valence-corrected chi connectivity index (χ3v) is 5.53. The molecule has 2 rings (SSSR count). The number of nitrogens with two attached hydrogens (primary N) is 1. The number of carbonyl (C=O) groups is 1. The lowest BCUT2D eigenvalue weighted by Crippen LogP contribution is -2.30. The molecule has 0 bridgehead atoms. The van der Waals surface area contributed by atoms with E-state index in [2.05, 4.69) is 0 Å². The molecule has 0 spiro atoms. The van der Waals surface area contributed by atoms with Crippen molar-refractivity contribution in [2.45, 2.75) is 50.0 Å². The lowest BCUT2D eigenvalue weighted by Gasteiger charge is -2.26. The van der Waals surface area contributed by atoms with E-state index >= 15 is 0 Å². The Balaban J connectivity index is 2.03.